The molecule has 0 spiro atoms. The summed E-state index contributed by atoms with van der Waals surface area (Å²) < 4.78 is 12.5. The van der Waals surface area contributed by atoms with Crippen LogP contribution < -0.4 is 14.8 Å². The molecule has 0 fully saturated rings. The number of nitrogens with one attached hydrogen (secondary N) is 1. The summed E-state index contributed by atoms with van der Waals surface area (Å²) in [6.07, 6.45) is 3.22. The van der Waals surface area contributed by atoms with E-state index in [1.54, 1.807) is 25.4 Å². The highest BCUT2D eigenvalue weighted by Gasteiger charge is 2.14. The lowest BCUT2D eigenvalue weighted by molar-refractivity contribution is -0.117. The monoisotopic (exact) mass is 416 g/mol. The van der Waals surface area contributed by atoms with Gasteiger partial charge in [0.2, 0.25) is 5.88 Å². The zero-order valence-electron chi connectivity index (χ0n) is 18.0. The van der Waals surface area contributed by atoms with Crippen LogP contribution in [0.4, 0.5) is 0 Å². The molecule has 1 amide bonds. The number of carbonyl (C=O) groups is 1. The van der Waals surface area contributed by atoms with E-state index in [0.717, 1.165) is 34.0 Å². The molecule has 2 aromatic heterocycles. The lowest BCUT2D eigenvalue weighted by Crippen LogP contribution is -2.24. The number of aryl methyl sites for hydroxylation is 1. The Morgan fingerprint density at radius 2 is 1.94 bits per heavy atom. The lowest BCUT2D eigenvalue weighted by atomic mass is 10.1. The van der Waals surface area contributed by atoms with Gasteiger partial charge in [-0.2, -0.15) is 5.26 Å². The number of amides is 1. The van der Waals surface area contributed by atoms with Crippen LogP contribution in [0.25, 0.3) is 11.8 Å². The van der Waals surface area contributed by atoms with Crippen LogP contribution in [-0.2, 0) is 11.3 Å². The van der Waals surface area contributed by atoms with Crippen LogP contribution in [-0.4, -0.2) is 29.7 Å². The van der Waals surface area contributed by atoms with Crippen molar-refractivity contribution in [1.82, 2.24) is 14.9 Å². The van der Waals surface area contributed by atoms with Crippen molar-refractivity contribution in [1.29, 1.82) is 5.26 Å². The smallest absolute Gasteiger partial charge is 0.262 e. The summed E-state index contributed by atoms with van der Waals surface area (Å²) in [6.45, 7) is 4.14. The minimum absolute atomic E-state index is 0.0258. The summed E-state index contributed by atoms with van der Waals surface area (Å²) in [7, 11) is 3.15. The molecule has 0 unspecified atom stereocenters. The Bertz CT molecular complexity index is 1150. The summed E-state index contributed by atoms with van der Waals surface area (Å²) in [4.78, 5) is 16.7. The first kappa shape index (κ1) is 21.7. The van der Waals surface area contributed by atoms with Crippen molar-refractivity contribution in [2.24, 2.45) is 0 Å². The van der Waals surface area contributed by atoms with E-state index >= 15 is 0 Å². The molecule has 0 aliphatic heterocycles. The van der Waals surface area contributed by atoms with Crippen molar-refractivity contribution in [3.05, 3.63) is 76.7 Å². The van der Waals surface area contributed by atoms with E-state index in [9.17, 15) is 10.1 Å². The number of carbonyl (C=O) groups excluding carboxylic acids is 1. The van der Waals surface area contributed by atoms with Gasteiger partial charge in [-0.15, -0.1) is 0 Å². The molecule has 1 N–H and O–H groups in total. The first-order valence-corrected chi connectivity index (χ1v) is 9.69. The molecular formula is C24H24N4O3. The third-order valence-corrected chi connectivity index (χ3v) is 4.95. The van der Waals surface area contributed by atoms with Gasteiger partial charge < -0.3 is 19.4 Å². The zero-order valence-corrected chi connectivity index (χ0v) is 18.0. The number of rotatable bonds is 7. The fourth-order valence-corrected chi connectivity index (χ4v) is 3.38. The second-order valence-electron chi connectivity index (χ2n) is 6.88. The molecule has 1 aromatic carbocycles. The summed E-state index contributed by atoms with van der Waals surface area (Å²) in [5, 5.41) is 12.3. The maximum atomic E-state index is 12.6. The van der Waals surface area contributed by atoms with Gasteiger partial charge in [0, 0.05) is 35.4 Å². The quantitative estimate of drug-likeness (QED) is 0.468. The van der Waals surface area contributed by atoms with Crippen LogP contribution in [0.2, 0.25) is 0 Å². The summed E-state index contributed by atoms with van der Waals surface area (Å²) in [6, 6.07) is 15.2. The average molecular weight is 416 g/mol. The van der Waals surface area contributed by atoms with Gasteiger partial charge in [0.05, 0.1) is 14.2 Å². The molecule has 0 bridgehead atoms. The lowest BCUT2D eigenvalue weighted by Gasteiger charge is -2.10. The molecule has 3 rings (SSSR count). The number of aromatic nitrogens is 2. The predicted octanol–water partition coefficient (Wildman–Crippen LogP) is 3.73. The number of hydrogen-bond donors (Lipinski definition) is 1. The predicted molar refractivity (Wildman–Crippen MR) is 118 cm³/mol. The second kappa shape index (κ2) is 9.63. The fraction of sp³-hybridized carbons (Fsp3) is 0.208. The Morgan fingerprint density at radius 1 is 1.19 bits per heavy atom. The van der Waals surface area contributed by atoms with Gasteiger partial charge in [-0.1, -0.05) is 6.07 Å². The largest absolute Gasteiger partial charge is 0.497 e. The molecule has 158 valence electrons. The number of pyridine rings is 1. The van der Waals surface area contributed by atoms with E-state index in [-0.39, 0.29) is 12.1 Å². The Hall–Kier alpha value is -4.05. The summed E-state index contributed by atoms with van der Waals surface area (Å²) in [5.74, 6) is 0.760. The minimum Gasteiger partial charge on any atom is -0.497 e. The maximum Gasteiger partial charge on any atom is 0.262 e. The highest BCUT2D eigenvalue weighted by atomic mass is 16.5. The van der Waals surface area contributed by atoms with Crippen molar-refractivity contribution < 1.29 is 14.3 Å². The van der Waals surface area contributed by atoms with Crippen LogP contribution in [0.15, 0.2) is 54.2 Å². The van der Waals surface area contributed by atoms with E-state index in [0.29, 0.717) is 5.88 Å². The molecule has 0 aliphatic rings. The second-order valence-corrected chi connectivity index (χ2v) is 6.88. The molecular weight excluding hydrogens is 392 g/mol. The van der Waals surface area contributed by atoms with Crippen molar-refractivity contribution in [3.8, 4) is 23.4 Å². The summed E-state index contributed by atoms with van der Waals surface area (Å²) >= 11 is 0. The minimum atomic E-state index is -0.456. The van der Waals surface area contributed by atoms with E-state index in [1.165, 1.54) is 7.11 Å². The standard InChI is InChI=1S/C24H24N4O3/c1-16-12-19(17(2)28(16)21-7-9-22(30-3)10-8-21)13-20(14-25)23(29)27-15-18-6-5-11-26-24(18)31-4/h5-13H,15H2,1-4H3,(H,27,29)/b20-13+. The van der Waals surface area contributed by atoms with E-state index < -0.39 is 5.91 Å². The highest BCUT2D eigenvalue weighted by Crippen LogP contribution is 2.24. The fourth-order valence-electron chi connectivity index (χ4n) is 3.38. The van der Waals surface area contributed by atoms with Gasteiger partial charge in [-0.3, -0.25) is 4.79 Å². The van der Waals surface area contributed by atoms with E-state index in [2.05, 4.69) is 14.9 Å². The molecule has 31 heavy (non-hydrogen) atoms. The molecule has 7 heteroatoms. The molecule has 3 aromatic rings. The van der Waals surface area contributed by atoms with Gasteiger partial charge in [0.1, 0.15) is 17.4 Å². The maximum absolute atomic E-state index is 12.6. The zero-order chi connectivity index (χ0) is 22.4. The molecule has 0 saturated heterocycles. The summed E-state index contributed by atoms with van der Waals surface area (Å²) in [5.41, 5.74) is 4.45. The molecule has 7 nitrogen and oxygen atoms in total. The Morgan fingerprint density at radius 3 is 2.58 bits per heavy atom. The Kier molecular flexibility index (Phi) is 6.73. The van der Waals surface area contributed by atoms with Crippen molar-refractivity contribution in [2.45, 2.75) is 20.4 Å². The van der Waals surface area contributed by atoms with Crippen LogP contribution in [0.3, 0.4) is 0 Å². The van der Waals surface area contributed by atoms with E-state index in [1.807, 2.05) is 56.3 Å². The van der Waals surface area contributed by atoms with Gasteiger partial charge in [0.25, 0.3) is 5.91 Å². The van der Waals surface area contributed by atoms with Crippen molar-refractivity contribution >= 4 is 12.0 Å². The highest BCUT2D eigenvalue weighted by molar-refractivity contribution is 6.01. The Balaban J connectivity index is 1.83. The molecule has 2 heterocycles. The normalized spacial score (nSPS) is 11.0. The van der Waals surface area contributed by atoms with Crippen LogP contribution in [0.1, 0.15) is 22.5 Å². The first-order chi connectivity index (χ1) is 15.0. The number of nitrogens with zero attached hydrogens (tertiary/aromatic N) is 3. The third-order valence-electron chi connectivity index (χ3n) is 4.95. The number of methoxy groups -OCH3 is 2. The average Bonchev–Trinajstić information content (AvgIpc) is 3.08. The molecule has 0 saturated carbocycles. The number of nitriles is 1. The van der Waals surface area contributed by atoms with Crippen LogP contribution in [0.5, 0.6) is 11.6 Å². The van der Waals surface area contributed by atoms with E-state index in [4.69, 9.17) is 9.47 Å². The number of benzene rings is 1. The van der Waals surface area contributed by atoms with Gasteiger partial charge >= 0.3 is 0 Å². The number of hydrogen-bond acceptors (Lipinski definition) is 5. The molecule has 0 atom stereocenters. The van der Waals surface area contributed by atoms with Gasteiger partial charge in [-0.25, -0.2) is 4.98 Å². The van der Waals surface area contributed by atoms with Crippen LogP contribution >= 0.6 is 0 Å². The van der Waals surface area contributed by atoms with Crippen molar-refractivity contribution in [2.75, 3.05) is 14.2 Å². The SMILES string of the molecule is COc1ccc(-n2c(C)cc(/C=C(\C#N)C(=O)NCc3cccnc3OC)c2C)cc1. The molecule has 0 radical (unpaired) electrons. The van der Waals surface area contributed by atoms with Crippen molar-refractivity contribution in [3.63, 3.8) is 0 Å². The topological polar surface area (TPSA) is 89.2 Å². The first-order valence-electron chi connectivity index (χ1n) is 9.69. The van der Waals surface area contributed by atoms with Gasteiger partial charge in [0.15, 0.2) is 0 Å². The van der Waals surface area contributed by atoms with Crippen LogP contribution in [0, 0.1) is 25.2 Å². The molecule has 0 aliphatic carbocycles. The van der Waals surface area contributed by atoms with Gasteiger partial charge in [-0.05, 0) is 61.9 Å². The third kappa shape index (κ3) is 4.75. The number of ether oxygens (including phenoxy) is 2. The Labute approximate surface area is 181 Å².